The van der Waals surface area contributed by atoms with Gasteiger partial charge in [0.1, 0.15) is 17.1 Å². The molecule has 1 aromatic carbocycles. The van der Waals surface area contributed by atoms with Crippen molar-refractivity contribution in [1.29, 1.82) is 0 Å². The summed E-state index contributed by atoms with van der Waals surface area (Å²) in [5.41, 5.74) is 4.33. The molecule has 0 amide bonds. The Hall–Kier alpha value is -4.18. The number of rotatable bonds is 7. The van der Waals surface area contributed by atoms with Crippen molar-refractivity contribution in [3.63, 3.8) is 0 Å². The third-order valence-corrected chi connectivity index (χ3v) is 9.70. The van der Waals surface area contributed by atoms with E-state index in [1.54, 1.807) is 43.6 Å². The Balaban J connectivity index is 1.10. The van der Waals surface area contributed by atoms with Gasteiger partial charge >= 0.3 is 12.1 Å². The van der Waals surface area contributed by atoms with Crippen molar-refractivity contribution in [2.75, 3.05) is 24.6 Å². The number of hydrogen-bond donors (Lipinski definition) is 0. The SMILES string of the molecule is C=Cc1cncc(Cl)c1-c1noc(C2CC2)c1C=C1CC2(CCN(c3ccc4nc(C(=O)OCC)cc(C(F)(F)F)c4c3)CC2)C1. The van der Waals surface area contributed by atoms with Crippen molar-refractivity contribution in [3.8, 4) is 11.3 Å². The van der Waals surface area contributed by atoms with E-state index in [1.165, 1.54) is 5.57 Å². The van der Waals surface area contributed by atoms with E-state index in [1.807, 2.05) is 0 Å². The molecule has 238 valence electrons. The summed E-state index contributed by atoms with van der Waals surface area (Å²) >= 11 is 6.58. The molecule has 3 aliphatic rings. The van der Waals surface area contributed by atoms with E-state index in [9.17, 15) is 18.0 Å². The molecule has 2 aliphatic carbocycles. The average molecular weight is 649 g/mol. The minimum absolute atomic E-state index is 0.0305. The first-order valence-electron chi connectivity index (χ1n) is 15.5. The van der Waals surface area contributed by atoms with E-state index in [2.05, 4.69) is 32.7 Å². The number of esters is 1. The molecule has 11 heteroatoms. The molecule has 3 fully saturated rings. The highest BCUT2D eigenvalue weighted by molar-refractivity contribution is 6.33. The first kappa shape index (κ1) is 30.5. The molecule has 0 radical (unpaired) electrons. The van der Waals surface area contributed by atoms with E-state index < -0.39 is 17.7 Å². The zero-order valence-electron chi connectivity index (χ0n) is 25.3. The molecule has 1 spiro atoms. The monoisotopic (exact) mass is 648 g/mol. The van der Waals surface area contributed by atoms with Crippen LogP contribution in [-0.4, -0.2) is 40.8 Å². The number of benzene rings is 1. The highest BCUT2D eigenvalue weighted by Gasteiger charge is 2.44. The number of hydrogen-bond acceptors (Lipinski definition) is 7. The predicted octanol–water partition coefficient (Wildman–Crippen LogP) is 9.12. The molecular formula is C35H32ClF3N4O3. The number of fused-ring (bicyclic) bond motifs is 1. The molecule has 0 N–H and O–H groups in total. The maximum absolute atomic E-state index is 14.1. The molecule has 0 atom stereocenters. The summed E-state index contributed by atoms with van der Waals surface area (Å²) in [5, 5.41) is 4.92. The Labute approximate surface area is 269 Å². The van der Waals surface area contributed by atoms with Gasteiger partial charge < -0.3 is 14.2 Å². The second-order valence-corrected chi connectivity index (χ2v) is 12.9. The lowest BCUT2D eigenvalue weighted by Gasteiger charge is -2.50. The highest BCUT2D eigenvalue weighted by atomic mass is 35.5. The fourth-order valence-corrected chi connectivity index (χ4v) is 7.14. The van der Waals surface area contributed by atoms with Crippen LogP contribution < -0.4 is 4.90 Å². The van der Waals surface area contributed by atoms with Crippen molar-refractivity contribution < 1.29 is 27.2 Å². The Morgan fingerprint density at radius 3 is 2.63 bits per heavy atom. The predicted molar refractivity (Wildman–Crippen MR) is 171 cm³/mol. The number of halogens is 4. The summed E-state index contributed by atoms with van der Waals surface area (Å²) in [4.78, 5) is 22.7. The maximum Gasteiger partial charge on any atom is 0.417 e. The first-order valence-corrected chi connectivity index (χ1v) is 15.9. The van der Waals surface area contributed by atoms with Crippen molar-refractivity contribution >= 4 is 46.3 Å². The number of carbonyl (C=O) groups is 1. The van der Waals surface area contributed by atoms with E-state index in [0.29, 0.717) is 22.3 Å². The van der Waals surface area contributed by atoms with Gasteiger partial charge in [-0.1, -0.05) is 35.0 Å². The quantitative estimate of drug-likeness (QED) is 0.185. The summed E-state index contributed by atoms with van der Waals surface area (Å²) in [7, 11) is 0. The first-order chi connectivity index (χ1) is 22.1. The number of pyridine rings is 2. The smallest absolute Gasteiger partial charge is 0.417 e. The van der Waals surface area contributed by atoms with Crippen LogP contribution in [0.4, 0.5) is 18.9 Å². The number of aromatic nitrogens is 3. The number of nitrogens with zero attached hydrogens (tertiary/aromatic N) is 4. The zero-order chi connectivity index (χ0) is 32.2. The topological polar surface area (TPSA) is 81.4 Å². The normalized spacial score (nSPS) is 17.7. The fourth-order valence-electron chi connectivity index (χ4n) is 6.89. The molecule has 1 aliphatic heterocycles. The third kappa shape index (κ3) is 5.57. The minimum Gasteiger partial charge on any atom is -0.461 e. The molecule has 4 aromatic rings. The van der Waals surface area contributed by atoms with E-state index >= 15 is 0 Å². The Kier molecular flexibility index (Phi) is 7.66. The number of allylic oxidation sites excluding steroid dienone is 1. The standard InChI is InChI=1S/C35H32ClF3N4O3/c1-3-21-18-40-19-27(36)30(21)31-25(32(46-42-31)22-5-6-22)13-20-16-34(17-20)9-11-43(12-10-34)23-7-8-28-24(14-23)26(35(37,38)39)15-29(41-28)33(44)45-4-2/h3,7-8,13-15,18-19,22H,1,4-6,9-12,16-17H2,2H3. The van der Waals surface area contributed by atoms with Crippen LogP contribution in [0.5, 0.6) is 0 Å². The average Bonchev–Trinajstić information content (AvgIpc) is 3.79. The Bertz CT molecular complexity index is 1880. The molecule has 2 saturated carbocycles. The van der Waals surface area contributed by atoms with Gasteiger partial charge in [0.05, 0.1) is 22.7 Å². The Morgan fingerprint density at radius 1 is 1.20 bits per heavy atom. The molecule has 7 rings (SSSR count). The van der Waals surface area contributed by atoms with Gasteiger partial charge in [-0.3, -0.25) is 4.98 Å². The fraction of sp³-hybridized carbons (Fsp3) is 0.371. The van der Waals surface area contributed by atoms with Gasteiger partial charge in [-0.2, -0.15) is 13.2 Å². The van der Waals surface area contributed by atoms with Crippen molar-refractivity contribution in [3.05, 3.63) is 82.0 Å². The van der Waals surface area contributed by atoms with Crippen LogP contribution in [0.25, 0.3) is 34.3 Å². The van der Waals surface area contributed by atoms with E-state index in [0.717, 1.165) is 80.1 Å². The maximum atomic E-state index is 14.1. The number of carbonyl (C=O) groups excluding carboxylic acids is 1. The molecule has 7 nitrogen and oxygen atoms in total. The number of ether oxygens (including phenoxy) is 1. The highest BCUT2D eigenvalue weighted by Crippen LogP contribution is 2.54. The van der Waals surface area contributed by atoms with Gasteiger partial charge in [0.15, 0.2) is 0 Å². The molecule has 46 heavy (non-hydrogen) atoms. The van der Waals surface area contributed by atoms with E-state index in [4.69, 9.17) is 20.9 Å². The summed E-state index contributed by atoms with van der Waals surface area (Å²) in [6.07, 6.45) is 8.52. The van der Waals surface area contributed by atoms with Crippen molar-refractivity contribution in [1.82, 2.24) is 15.1 Å². The van der Waals surface area contributed by atoms with Crippen LogP contribution in [0, 0.1) is 5.41 Å². The van der Waals surface area contributed by atoms with Crippen LogP contribution in [0.1, 0.15) is 84.3 Å². The Morgan fingerprint density at radius 2 is 1.96 bits per heavy atom. The summed E-state index contributed by atoms with van der Waals surface area (Å²) < 4.78 is 53.0. The molecule has 4 heterocycles. The summed E-state index contributed by atoms with van der Waals surface area (Å²) in [6.45, 7) is 7.02. The van der Waals surface area contributed by atoms with Crippen LogP contribution in [-0.2, 0) is 10.9 Å². The van der Waals surface area contributed by atoms with Gasteiger partial charge in [0.2, 0.25) is 0 Å². The summed E-state index contributed by atoms with van der Waals surface area (Å²) in [5.74, 6) is 0.394. The van der Waals surface area contributed by atoms with Crippen molar-refractivity contribution in [2.45, 2.75) is 57.5 Å². The van der Waals surface area contributed by atoms with Gasteiger partial charge in [-0.05, 0) is 81.2 Å². The van der Waals surface area contributed by atoms with Crippen LogP contribution in [0.2, 0.25) is 5.02 Å². The lowest BCUT2D eigenvalue weighted by molar-refractivity contribution is -0.136. The van der Waals surface area contributed by atoms with Gasteiger partial charge in [0, 0.05) is 59.2 Å². The van der Waals surface area contributed by atoms with Crippen LogP contribution in [0.3, 0.4) is 0 Å². The number of alkyl halides is 3. The van der Waals surface area contributed by atoms with E-state index in [-0.39, 0.29) is 28.6 Å². The molecule has 0 unspecified atom stereocenters. The second-order valence-electron chi connectivity index (χ2n) is 12.5. The van der Waals surface area contributed by atoms with Crippen LogP contribution >= 0.6 is 11.6 Å². The lowest BCUT2D eigenvalue weighted by Crippen LogP contribution is -2.44. The summed E-state index contributed by atoms with van der Waals surface area (Å²) in [6, 6.07) is 5.66. The second kappa shape index (κ2) is 11.6. The molecule has 1 saturated heterocycles. The molecular weight excluding hydrogens is 617 g/mol. The van der Waals surface area contributed by atoms with Crippen molar-refractivity contribution in [2.24, 2.45) is 5.41 Å². The molecule has 3 aromatic heterocycles. The zero-order valence-corrected chi connectivity index (χ0v) is 26.0. The lowest BCUT2D eigenvalue weighted by atomic mass is 9.60. The third-order valence-electron chi connectivity index (χ3n) is 9.41. The largest absolute Gasteiger partial charge is 0.461 e. The molecule has 0 bridgehead atoms. The van der Waals surface area contributed by atoms with Gasteiger partial charge in [0.25, 0.3) is 0 Å². The van der Waals surface area contributed by atoms with Gasteiger partial charge in [-0.25, -0.2) is 9.78 Å². The van der Waals surface area contributed by atoms with Gasteiger partial charge in [-0.15, -0.1) is 0 Å². The number of anilines is 1. The van der Waals surface area contributed by atoms with Crippen LogP contribution in [0.15, 0.2) is 53.3 Å². The minimum atomic E-state index is -4.65. The number of piperidine rings is 1.